The van der Waals surface area contributed by atoms with Gasteiger partial charge in [0.15, 0.2) is 0 Å². The number of fused-ring (bicyclic) bond motifs is 1. The molecule has 0 amide bonds. The minimum Gasteiger partial charge on any atom is -0.478 e. The van der Waals surface area contributed by atoms with Crippen molar-refractivity contribution in [3.05, 3.63) is 100 Å². The first-order valence-electron chi connectivity index (χ1n) is 9.47. The van der Waals surface area contributed by atoms with Crippen molar-refractivity contribution >= 4 is 29.8 Å². The van der Waals surface area contributed by atoms with Gasteiger partial charge in [-0.3, -0.25) is 0 Å². The van der Waals surface area contributed by atoms with E-state index < -0.39 is 5.97 Å². The van der Waals surface area contributed by atoms with Gasteiger partial charge in [-0.2, -0.15) is 0 Å². The zero-order valence-electron chi connectivity index (χ0n) is 15.5. The van der Waals surface area contributed by atoms with Crippen LogP contribution in [0.1, 0.15) is 51.3 Å². The van der Waals surface area contributed by atoms with Crippen LogP contribution in [0.4, 0.5) is 0 Å². The van der Waals surface area contributed by atoms with Crippen LogP contribution in [0.5, 0.6) is 0 Å². The Balaban J connectivity index is 1.79. The average Bonchev–Trinajstić information content (AvgIpc) is 2.73. The summed E-state index contributed by atoms with van der Waals surface area (Å²) in [4.78, 5) is 16.6. The number of aromatic nitrogens is 1. The van der Waals surface area contributed by atoms with Gasteiger partial charge in [0.05, 0.1) is 17.0 Å². The summed E-state index contributed by atoms with van der Waals surface area (Å²) in [5, 5.41) is 9.68. The zero-order valence-corrected chi connectivity index (χ0v) is 15.5. The number of rotatable bonds is 4. The highest BCUT2D eigenvalue weighted by Gasteiger charge is 2.20. The van der Waals surface area contributed by atoms with E-state index >= 15 is 0 Å². The Labute approximate surface area is 164 Å². The maximum Gasteiger partial charge on any atom is 0.337 e. The molecule has 0 fully saturated rings. The van der Waals surface area contributed by atoms with E-state index in [2.05, 4.69) is 18.2 Å². The molecule has 3 nitrogen and oxygen atoms in total. The molecule has 1 N–H and O–H groups in total. The van der Waals surface area contributed by atoms with Crippen LogP contribution in [0.25, 0.3) is 23.8 Å². The van der Waals surface area contributed by atoms with Gasteiger partial charge in [0.2, 0.25) is 0 Å². The number of carboxylic acid groups (broad SMARTS) is 1. The number of aryl methyl sites for hydroxylation is 1. The van der Waals surface area contributed by atoms with Gasteiger partial charge < -0.3 is 5.11 Å². The van der Waals surface area contributed by atoms with Crippen LogP contribution in [0.3, 0.4) is 0 Å². The van der Waals surface area contributed by atoms with Gasteiger partial charge in [0.25, 0.3) is 0 Å². The molecule has 2 aromatic carbocycles. The largest absolute Gasteiger partial charge is 0.478 e. The minimum absolute atomic E-state index is 0.256. The Morgan fingerprint density at radius 1 is 0.893 bits per heavy atom. The Hall–Kier alpha value is -3.46. The fraction of sp³-hybridized carbons (Fsp3) is 0.120. The lowest BCUT2D eigenvalue weighted by Gasteiger charge is -2.20. The van der Waals surface area contributed by atoms with Crippen LogP contribution in [0, 0.1) is 0 Å². The average molecular weight is 367 g/mol. The van der Waals surface area contributed by atoms with Crippen molar-refractivity contribution in [3.8, 4) is 0 Å². The molecule has 1 aliphatic carbocycles. The smallest absolute Gasteiger partial charge is 0.337 e. The van der Waals surface area contributed by atoms with Gasteiger partial charge in [-0.1, -0.05) is 66.7 Å². The van der Waals surface area contributed by atoms with Gasteiger partial charge in [0.1, 0.15) is 0 Å². The molecule has 138 valence electrons. The van der Waals surface area contributed by atoms with Gasteiger partial charge in [0, 0.05) is 0 Å². The molecule has 0 saturated carbocycles. The topological polar surface area (TPSA) is 50.2 Å². The van der Waals surface area contributed by atoms with Gasteiger partial charge >= 0.3 is 5.97 Å². The molecule has 28 heavy (non-hydrogen) atoms. The van der Waals surface area contributed by atoms with Gasteiger partial charge in [-0.15, -0.1) is 0 Å². The maximum absolute atomic E-state index is 11.8. The monoisotopic (exact) mass is 367 g/mol. The fourth-order valence-corrected chi connectivity index (χ4v) is 3.55. The van der Waals surface area contributed by atoms with Crippen molar-refractivity contribution in [1.82, 2.24) is 4.98 Å². The number of aromatic carboxylic acids is 1. The number of carbonyl (C=O) groups is 1. The third kappa shape index (κ3) is 3.94. The van der Waals surface area contributed by atoms with Crippen LogP contribution in [-0.2, 0) is 6.42 Å². The van der Waals surface area contributed by atoms with E-state index in [1.54, 1.807) is 12.1 Å². The Morgan fingerprint density at radius 2 is 1.57 bits per heavy atom. The second-order valence-electron chi connectivity index (χ2n) is 6.91. The summed E-state index contributed by atoms with van der Waals surface area (Å²) in [6.07, 6.45) is 8.68. The predicted molar refractivity (Wildman–Crippen MR) is 114 cm³/mol. The molecular formula is C25H21NO2. The van der Waals surface area contributed by atoms with Crippen molar-refractivity contribution in [2.24, 2.45) is 0 Å². The van der Waals surface area contributed by atoms with E-state index in [9.17, 15) is 9.90 Å². The van der Waals surface area contributed by atoms with Crippen LogP contribution in [0.2, 0.25) is 0 Å². The number of nitrogens with zero attached hydrogens (tertiary/aromatic N) is 1. The summed E-state index contributed by atoms with van der Waals surface area (Å²) in [6, 6.07) is 21.8. The summed E-state index contributed by atoms with van der Waals surface area (Å²) < 4.78 is 0. The third-order valence-corrected chi connectivity index (χ3v) is 4.93. The molecule has 1 aliphatic rings. The molecule has 1 heterocycles. The lowest BCUT2D eigenvalue weighted by Crippen LogP contribution is -2.11. The summed E-state index contributed by atoms with van der Waals surface area (Å²) in [6.45, 7) is 0. The molecule has 0 unspecified atom stereocenters. The second-order valence-corrected chi connectivity index (χ2v) is 6.91. The number of carboxylic acids is 1. The van der Waals surface area contributed by atoms with Gasteiger partial charge in [-0.25, -0.2) is 9.78 Å². The van der Waals surface area contributed by atoms with E-state index in [-0.39, 0.29) is 5.56 Å². The fourth-order valence-electron chi connectivity index (χ4n) is 3.55. The van der Waals surface area contributed by atoms with Crippen LogP contribution in [0.15, 0.2) is 66.7 Å². The molecule has 0 aliphatic heterocycles. The number of allylic oxidation sites excluding steroid dienone is 1. The van der Waals surface area contributed by atoms with Crippen LogP contribution < -0.4 is 0 Å². The van der Waals surface area contributed by atoms with E-state index in [4.69, 9.17) is 4.98 Å². The standard InChI is InChI=1S/C25H21NO2/c27-25(28)22-17-21-13-7-12-20(16-19-10-5-2-6-11-19)24(21)26-23(22)15-14-18-8-3-1-4-9-18/h1-6,8-11,14-17H,7,12-13H2,(H,27,28). The molecule has 0 spiro atoms. The summed E-state index contributed by atoms with van der Waals surface area (Å²) in [5.74, 6) is -0.942. The first-order chi connectivity index (χ1) is 13.7. The lowest BCUT2D eigenvalue weighted by molar-refractivity contribution is 0.0696. The highest BCUT2D eigenvalue weighted by Crippen LogP contribution is 2.32. The zero-order chi connectivity index (χ0) is 19.3. The van der Waals surface area contributed by atoms with Crippen molar-refractivity contribution < 1.29 is 9.90 Å². The molecule has 0 radical (unpaired) electrons. The number of hydrogen-bond donors (Lipinski definition) is 1. The first kappa shape index (κ1) is 17.9. The highest BCUT2D eigenvalue weighted by atomic mass is 16.4. The Morgan fingerprint density at radius 3 is 2.25 bits per heavy atom. The van der Waals surface area contributed by atoms with Gasteiger partial charge in [-0.05, 0) is 59.7 Å². The summed E-state index contributed by atoms with van der Waals surface area (Å²) in [5.41, 5.74) is 6.01. The molecule has 1 aromatic heterocycles. The summed E-state index contributed by atoms with van der Waals surface area (Å²) >= 11 is 0. The van der Waals surface area contributed by atoms with E-state index in [1.165, 1.54) is 5.57 Å². The highest BCUT2D eigenvalue weighted by molar-refractivity contribution is 5.94. The van der Waals surface area contributed by atoms with Crippen molar-refractivity contribution in [3.63, 3.8) is 0 Å². The molecule has 0 atom stereocenters. The molecular weight excluding hydrogens is 346 g/mol. The van der Waals surface area contributed by atoms with Crippen LogP contribution >= 0.6 is 0 Å². The normalized spacial score (nSPS) is 14.9. The third-order valence-electron chi connectivity index (χ3n) is 4.93. The van der Waals surface area contributed by atoms with Crippen molar-refractivity contribution in [1.29, 1.82) is 0 Å². The number of pyridine rings is 1. The molecule has 4 rings (SSSR count). The molecule has 3 aromatic rings. The molecule has 3 heteroatoms. The minimum atomic E-state index is -0.942. The van der Waals surface area contributed by atoms with Crippen molar-refractivity contribution in [2.45, 2.75) is 19.3 Å². The van der Waals surface area contributed by atoms with Crippen molar-refractivity contribution in [2.75, 3.05) is 0 Å². The summed E-state index contributed by atoms with van der Waals surface area (Å²) in [7, 11) is 0. The van der Waals surface area contributed by atoms with E-state index in [1.807, 2.05) is 54.6 Å². The van der Waals surface area contributed by atoms with E-state index in [0.29, 0.717) is 5.69 Å². The maximum atomic E-state index is 11.8. The second kappa shape index (κ2) is 8.05. The molecule has 0 bridgehead atoms. The SMILES string of the molecule is O=C(O)c1cc2c(nc1C=Cc1ccccc1)C(=Cc1ccccc1)CCC2. The quantitative estimate of drug-likeness (QED) is 0.631. The molecule has 0 saturated heterocycles. The van der Waals surface area contributed by atoms with E-state index in [0.717, 1.165) is 41.6 Å². The number of benzene rings is 2. The lowest BCUT2D eigenvalue weighted by atomic mass is 9.88. The Kier molecular flexibility index (Phi) is 5.16. The first-order valence-corrected chi connectivity index (χ1v) is 9.47. The van der Waals surface area contributed by atoms with Crippen LogP contribution in [-0.4, -0.2) is 16.1 Å². The Bertz CT molecular complexity index is 1050. The predicted octanol–water partition coefficient (Wildman–Crippen LogP) is 5.83. The number of hydrogen-bond acceptors (Lipinski definition) is 2.